The molecule has 0 heterocycles. The topological polar surface area (TPSA) is 78.9 Å². The molecular formula is C50H86O6. The Morgan fingerprint density at radius 2 is 0.696 bits per heavy atom. The van der Waals surface area contributed by atoms with Gasteiger partial charge in [0.15, 0.2) is 6.10 Å². The lowest BCUT2D eigenvalue weighted by Crippen LogP contribution is -2.30. The van der Waals surface area contributed by atoms with E-state index in [1.54, 1.807) is 0 Å². The predicted octanol–water partition coefficient (Wildman–Crippen LogP) is 14.9. The van der Waals surface area contributed by atoms with Gasteiger partial charge in [-0.05, 0) is 83.5 Å². The molecule has 56 heavy (non-hydrogen) atoms. The van der Waals surface area contributed by atoms with E-state index in [2.05, 4.69) is 81.5 Å². The first-order chi connectivity index (χ1) is 27.5. The first-order valence-corrected chi connectivity index (χ1v) is 23.3. The summed E-state index contributed by atoms with van der Waals surface area (Å²) in [6.45, 7) is 6.42. The third-order valence-corrected chi connectivity index (χ3v) is 9.76. The zero-order valence-corrected chi connectivity index (χ0v) is 36.6. The summed E-state index contributed by atoms with van der Waals surface area (Å²) in [6.07, 6.45) is 53.6. The van der Waals surface area contributed by atoms with E-state index in [1.807, 2.05) is 0 Å². The second kappa shape index (κ2) is 44.8. The van der Waals surface area contributed by atoms with Crippen molar-refractivity contribution in [1.82, 2.24) is 0 Å². The molecule has 1 unspecified atom stereocenters. The largest absolute Gasteiger partial charge is 0.462 e. The van der Waals surface area contributed by atoms with Crippen molar-refractivity contribution in [2.24, 2.45) is 0 Å². The molecule has 0 radical (unpaired) electrons. The highest BCUT2D eigenvalue weighted by Crippen LogP contribution is 2.13. The maximum atomic E-state index is 12.7. The zero-order chi connectivity index (χ0) is 40.8. The van der Waals surface area contributed by atoms with Gasteiger partial charge in [-0.2, -0.15) is 0 Å². The molecule has 0 aromatic carbocycles. The van der Waals surface area contributed by atoms with Gasteiger partial charge >= 0.3 is 17.9 Å². The number of carbonyl (C=O) groups is 3. The summed E-state index contributed by atoms with van der Waals surface area (Å²) in [7, 11) is 0. The van der Waals surface area contributed by atoms with E-state index < -0.39 is 6.10 Å². The summed E-state index contributed by atoms with van der Waals surface area (Å²) in [5.41, 5.74) is 0. The highest BCUT2D eigenvalue weighted by atomic mass is 16.6. The van der Waals surface area contributed by atoms with Gasteiger partial charge in [-0.3, -0.25) is 14.4 Å². The molecule has 0 saturated heterocycles. The van der Waals surface area contributed by atoms with Crippen LogP contribution in [-0.2, 0) is 28.6 Å². The molecule has 0 saturated carbocycles. The number of allylic oxidation sites excluding steroid dienone is 10. The van der Waals surface area contributed by atoms with Crippen LogP contribution in [0.4, 0.5) is 0 Å². The standard InChI is InChI=1S/C50H86O6/c1-4-7-10-13-16-18-20-22-24-26-27-29-31-34-37-40-43-49(52)55-46-47(45-54-48(51)42-39-36-33-15-12-9-6-3)56-50(53)44-41-38-35-32-30-28-25-23-21-19-17-14-11-8-5-2/h8,11,17,19,23-26,30,32,47H,4-7,9-10,12-16,18,20-22,27-29,31,33-46H2,1-3H3/b11-8-,19-17-,25-23-,26-24-,32-30-. The number of esters is 3. The van der Waals surface area contributed by atoms with Crippen molar-refractivity contribution in [1.29, 1.82) is 0 Å². The zero-order valence-electron chi connectivity index (χ0n) is 36.6. The molecule has 0 aromatic heterocycles. The lowest BCUT2D eigenvalue weighted by molar-refractivity contribution is -0.167. The fourth-order valence-corrected chi connectivity index (χ4v) is 6.25. The summed E-state index contributed by atoms with van der Waals surface area (Å²) in [4.78, 5) is 37.6. The molecule has 0 aliphatic rings. The van der Waals surface area contributed by atoms with E-state index in [0.717, 1.165) is 83.5 Å². The van der Waals surface area contributed by atoms with E-state index >= 15 is 0 Å². The van der Waals surface area contributed by atoms with Crippen LogP contribution in [0.5, 0.6) is 0 Å². The monoisotopic (exact) mass is 783 g/mol. The minimum atomic E-state index is -0.794. The molecule has 0 rings (SSSR count). The predicted molar refractivity (Wildman–Crippen MR) is 238 cm³/mol. The molecule has 0 amide bonds. The molecule has 0 spiro atoms. The van der Waals surface area contributed by atoms with Gasteiger partial charge < -0.3 is 14.2 Å². The second-order valence-corrected chi connectivity index (χ2v) is 15.3. The molecule has 322 valence electrons. The van der Waals surface area contributed by atoms with Crippen molar-refractivity contribution in [3.8, 4) is 0 Å². The van der Waals surface area contributed by atoms with Gasteiger partial charge in [0.25, 0.3) is 0 Å². The molecule has 0 bridgehead atoms. The van der Waals surface area contributed by atoms with E-state index in [4.69, 9.17) is 14.2 Å². The van der Waals surface area contributed by atoms with Gasteiger partial charge in [-0.15, -0.1) is 0 Å². The van der Waals surface area contributed by atoms with Crippen LogP contribution in [0.25, 0.3) is 0 Å². The molecular weight excluding hydrogens is 697 g/mol. The fraction of sp³-hybridized carbons (Fsp3) is 0.740. The summed E-state index contributed by atoms with van der Waals surface area (Å²) in [5.74, 6) is -0.953. The van der Waals surface area contributed by atoms with E-state index in [-0.39, 0.29) is 37.5 Å². The number of hydrogen-bond donors (Lipinski definition) is 0. The van der Waals surface area contributed by atoms with E-state index in [9.17, 15) is 14.4 Å². The van der Waals surface area contributed by atoms with E-state index in [0.29, 0.717) is 19.3 Å². The Labute approximate surface area is 345 Å². The van der Waals surface area contributed by atoms with Crippen LogP contribution in [0, 0.1) is 0 Å². The number of hydrogen-bond acceptors (Lipinski definition) is 6. The van der Waals surface area contributed by atoms with Crippen molar-refractivity contribution in [2.75, 3.05) is 13.2 Å². The maximum Gasteiger partial charge on any atom is 0.306 e. The lowest BCUT2D eigenvalue weighted by Gasteiger charge is -2.18. The molecule has 1 atom stereocenters. The Hall–Kier alpha value is -2.89. The van der Waals surface area contributed by atoms with Crippen LogP contribution < -0.4 is 0 Å². The Bertz CT molecular complexity index is 1040. The minimum Gasteiger partial charge on any atom is -0.462 e. The maximum absolute atomic E-state index is 12.7. The van der Waals surface area contributed by atoms with Crippen molar-refractivity contribution in [2.45, 2.75) is 226 Å². The fourth-order valence-electron chi connectivity index (χ4n) is 6.25. The van der Waals surface area contributed by atoms with Gasteiger partial charge in [0, 0.05) is 19.3 Å². The quantitative estimate of drug-likeness (QED) is 0.0266. The third-order valence-electron chi connectivity index (χ3n) is 9.76. The number of ether oxygens (including phenoxy) is 3. The van der Waals surface area contributed by atoms with Crippen LogP contribution in [-0.4, -0.2) is 37.2 Å². The highest BCUT2D eigenvalue weighted by Gasteiger charge is 2.19. The van der Waals surface area contributed by atoms with Gasteiger partial charge in [0.05, 0.1) is 0 Å². The summed E-state index contributed by atoms with van der Waals surface area (Å²) in [6, 6.07) is 0. The van der Waals surface area contributed by atoms with Crippen molar-refractivity contribution in [3.63, 3.8) is 0 Å². The summed E-state index contributed by atoms with van der Waals surface area (Å²) >= 11 is 0. The molecule has 6 heteroatoms. The highest BCUT2D eigenvalue weighted by molar-refractivity contribution is 5.71. The molecule has 0 fully saturated rings. The van der Waals surface area contributed by atoms with Gasteiger partial charge in [-0.25, -0.2) is 0 Å². The number of carbonyl (C=O) groups excluding carboxylic acids is 3. The lowest BCUT2D eigenvalue weighted by atomic mass is 10.1. The molecule has 6 nitrogen and oxygen atoms in total. The van der Waals surface area contributed by atoms with Crippen LogP contribution >= 0.6 is 0 Å². The third kappa shape index (κ3) is 42.3. The average Bonchev–Trinajstić information content (AvgIpc) is 3.19. The Morgan fingerprint density at radius 1 is 0.375 bits per heavy atom. The minimum absolute atomic E-state index is 0.0935. The normalized spacial score (nSPS) is 12.6. The summed E-state index contributed by atoms with van der Waals surface area (Å²) in [5, 5.41) is 0. The molecule has 0 aromatic rings. The van der Waals surface area contributed by atoms with Crippen LogP contribution in [0.2, 0.25) is 0 Å². The van der Waals surface area contributed by atoms with Gasteiger partial charge in [0.2, 0.25) is 0 Å². The van der Waals surface area contributed by atoms with Crippen molar-refractivity contribution < 1.29 is 28.6 Å². The van der Waals surface area contributed by atoms with Crippen LogP contribution in [0.1, 0.15) is 220 Å². The average molecular weight is 783 g/mol. The molecule has 0 aliphatic heterocycles. The number of rotatable bonds is 41. The summed E-state index contributed by atoms with van der Waals surface area (Å²) < 4.78 is 16.6. The Morgan fingerprint density at radius 3 is 1.14 bits per heavy atom. The second-order valence-electron chi connectivity index (χ2n) is 15.3. The Kier molecular flexibility index (Phi) is 42.5. The smallest absolute Gasteiger partial charge is 0.306 e. The van der Waals surface area contributed by atoms with Crippen LogP contribution in [0.15, 0.2) is 60.8 Å². The molecule has 0 aliphatic carbocycles. The number of unbranched alkanes of at least 4 members (excludes halogenated alkanes) is 20. The SMILES string of the molecule is CC/C=C\C/C=C\C/C=C\C/C=C\CCCCC(=O)OC(COC(=O)CCCCCCC/C=C\CCCCCCCCC)COC(=O)CCCCCCCCC. The van der Waals surface area contributed by atoms with Crippen molar-refractivity contribution >= 4 is 17.9 Å². The first kappa shape index (κ1) is 53.1. The van der Waals surface area contributed by atoms with Gasteiger partial charge in [-0.1, -0.05) is 178 Å². The van der Waals surface area contributed by atoms with Crippen molar-refractivity contribution in [3.05, 3.63) is 60.8 Å². The van der Waals surface area contributed by atoms with Gasteiger partial charge in [0.1, 0.15) is 13.2 Å². The molecule has 0 N–H and O–H groups in total. The Balaban J connectivity index is 4.38. The first-order valence-electron chi connectivity index (χ1n) is 23.3. The van der Waals surface area contributed by atoms with E-state index in [1.165, 1.54) is 89.9 Å². The van der Waals surface area contributed by atoms with Crippen LogP contribution in [0.3, 0.4) is 0 Å².